The first-order valence-corrected chi connectivity index (χ1v) is 12.0. The molecule has 35 heavy (non-hydrogen) atoms. The average Bonchev–Trinajstić information content (AvgIpc) is 3.57. The van der Waals surface area contributed by atoms with E-state index < -0.39 is 0 Å². The van der Waals surface area contributed by atoms with E-state index in [0.29, 0.717) is 0 Å². The molecule has 0 bridgehead atoms. The van der Waals surface area contributed by atoms with Crippen LogP contribution in [-0.2, 0) is 13.6 Å². The molecule has 0 N–H and O–H groups in total. The number of aryl methyl sites for hydroxylation is 2. The van der Waals surface area contributed by atoms with Crippen LogP contribution < -0.4 is 5.69 Å². The summed E-state index contributed by atoms with van der Waals surface area (Å²) in [4.78, 5) is 25.3. The zero-order valence-electron chi connectivity index (χ0n) is 20.0. The molecule has 5 aromatic rings. The van der Waals surface area contributed by atoms with Crippen molar-refractivity contribution < 1.29 is 0 Å². The Kier molecular flexibility index (Phi) is 5.34. The second kappa shape index (κ2) is 8.67. The second-order valence-electron chi connectivity index (χ2n) is 9.33. The van der Waals surface area contributed by atoms with E-state index >= 15 is 0 Å². The molecule has 0 unspecified atom stereocenters. The summed E-state index contributed by atoms with van der Waals surface area (Å²) in [6, 6.07) is 20.5. The van der Waals surface area contributed by atoms with Gasteiger partial charge in [0, 0.05) is 38.7 Å². The molecular weight excluding hydrogens is 436 g/mol. The maximum absolute atomic E-state index is 13.8. The number of pyridine rings is 1. The van der Waals surface area contributed by atoms with Gasteiger partial charge in [-0.1, -0.05) is 36.4 Å². The van der Waals surface area contributed by atoms with E-state index in [1.165, 1.54) is 11.1 Å². The van der Waals surface area contributed by atoms with Gasteiger partial charge in [-0.05, 0) is 54.3 Å². The normalized spacial score (nSPS) is 16.3. The molecule has 1 fully saturated rings. The molecule has 0 spiro atoms. The number of hydrogen-bond acceptors (Lipinski definition) is 4. The molecule has 0 amide bonds. The number of fused-ring (bicyclic) bond motifs is 1. The highest BCUT2D eigenvalue weighted by atomic mass is 16.2. The van der Waals surface area contributed by atoms with Crippen molar-refractivity contribution in [2.45, 2.75) is 25.9 Å². The first-order chi connectivity index (χ1) is 17.1. The van der Waals surface area contributed by atoms with Crippen LogP contribution in [0, 0.1) is 6.92 Å². The summed E-state index contributed by atoms with van der Waals surface area (Å²) in [5.74, 6) is 1.03. The summed E-state index contributed by atoms with van der Waals surface area (Å²) in [5.41, 5.74) is 5.97. The Morgan fingerprint density at radius 3 is 2.57 bits per heavy atom. The SMILES string of the molecule is Cc1ccccc1-c1ccc(-n2c(=O)n([C@H]3CCN(Cc4nccn4C)C3)c3ncccc32)cc1. The highest BCUT2D eigenvalue weighted by Gasteiger charge is 2.29. The van der Waals surface area contributed by atoms with Crippen molar-refractivity contribution in [3.63, 3.8) is 0 Å². The summed E-state index contributed by atoms with van der Waals surface area (Å²) in [6.45, 7) is 4.62. The minimum atomic E-state index is -0.0359. The first-order valence-electron chi connectivity index (χ1n) is 12.0. The Balaban J connectivity index is 1.35. The van der Waals surface area contributed by atoms with Crippen molar-refractivity contribution in [3.8, 4) is 16.8 Å². The Labute approximate surface area is 203 Å². The van der Waals surface area contributed by atoms with Crippen LogP contribution >= 0.6 is 0 Å². The Bertz CT molecular complexity index is 1560. The lowest BCUT2D eigenvalue weighted by Crippen LogP contribution is -2.29. The zero-order valence-corrected chi connectivity index (χ0v) is 20.0. The Morgan fingerprint density at radius 2 is 1.80 bits per heavy atom. The van der Waals surface area contributed by atoms with Crippen LogP contribution in [0.5, 0.6) is 0 Å². The largest absolute Gasteiger partial charge is 0.337 e. The molecule has 6 rings (SSSR count). The number of benzene rings is 2. The molecule has 0 aliphatic carbocycles. The fourth-order valence-electron chi connectivity index (χ4n) is 5.23. The van der Waals surface area contributed by atoms with E-state index in [9.17, 15) is 4.79 Å². The van der Waals surface area contributed by atoms with Gasteiger partial charge in [0.15, 0.2) is 5.65 Å². The molecule has 0 radical (unpaired) electrons. The lowest BCUT2D eigenvalue weighted by molar-refractivity contribution is 0.304. The van der Waals surface area contributed by atoms with Gasteiger partial charge >= 0.3 is 5.69 Å². The highest BCUT2D eigenvalue weighted by molar-refractivity contribution is 5.75. The van der Waals surface area contributed by atoms with Gasteiger partial charge in [0.05, 0.1) is 23.8 Å². The number of imidazole rings is 2. The number of hydrogen-bond donors (Lipinski definition) is 0. The van der Waals surface area contributed by atoms with Crippen molar-refractivity contribution in [2.75, 3.05) is 13.1 Å². The van der Waals surface area contributed by atoms with E-state index in [0.717, 1.165) is 54.3 Å². The standard InChI is InChI=1S/C28H28N6O/c1-20-6-3-4-7-24(20)21-9-11-22(12-10-21)33-25-8-5-14-30-27(25)34(28(33)35)23-13-16-32(18-23)19-26-29-15-17-31(26)2/h3-12,14-15,17,23H,13,16,18-19H2,1-2H3/t23-/m0/s1. The van der Waals surface area contributed by atoms with Crippen LogP contribution in [0.1, 0.15) is 23.9 Å². The van der Waals surface area contributed by atoms with Crippen LogP contribution in [0.15, 0.2) is 84.0 Å². The predicted octanol–water partition coefficient (Wildman–Crippen LogP) is 4.34. The Morgan fingerprint density at radius 1 is 0.971 bits per heavy atom. The van der Waals surface area contributed by atoms with Gasteiger partial charge in [0.2, 0.25) is 0 Å². The lowest BCUT2D eigenvalue weighted by Gasteiger charge is -2.16. The fraction of sp³-hybridized carbons (Fsp3) is 0.250. The third-order valence-electron chi connectivity index (χ3n) is 7.11. The van der Waals surface area contributed by atoms with Gasteiger partial charge in [-0.3, -0.25) is 14.0 Å². The van der Waals surface area contributed by atoms with Crippen LogP contribution in [0.4, 0.5) is 0 Å². The quantitative estimate of drug-likeness (QED) is 0.388. The van der Waals surface area contributed by atoms with Crippen LogP contribution in [-0.4, -0.2) is 41.7 Å². The first kappa shape index (κ1) is 21.6. The van der Waals surface area contributed by atoms with Crippen LogP contribution in [0.2, 0.25) is 0 Å². The minimum absolute atomic E-state index is 0.0359. The number of aromatic nitrogens is 5. The second-order valence-corrected chi connectivity index (χ2v) is 9.33. The summed E-state index contributed by atoms with van der Waals surface area (Å²) in [7, 11) is 2.02. The molecule has 1 saturated heterocycles. The predicted molar refractivity (Wildman–Crippen MR) is 138 cm³/mol. The van der Waals surface area contributed by atoms with Crippen LogP contribution in [0.25, 0.3) is 28.0 Å². The molecule has 2 aromatic carbocycles. The van der Waals surface area contributed by atoms with Gasteiger partial charge in [0.25, 0.3) is 0 Å². The summed E-state index contributed by atoms with van der Waals surface area (Å²) in [6.07, 6.45) is 6.47. The number of rotatable bonds is 5. The molecule has 0 saturated carbocycles. The van der Waals surface area contributed by atoms with E-state index in [4.69, 9.17) is 0 Å². The smallest absolute Gasteiger partial charge is 0.335 e. The Hall–Kier alpha value is -3.97. The van der Waals surface area contributed by atoms with Gasteiger partial charge in [0.1, 0.15) is 5.82 Å². The van der Waals surface area contributed by atoms with Gasteiger partial charge in [-0.25, -0.2) is 14.8 Å². The third-order valence-corrected chi connectivity index (χ3v) is 7.11. The monoisotopic (exact) mass is 464 g/mol. The summed E-state index contributed by atoms with van der Waals surface area (Å²) in [5, 5.41) is 0. The van der Waals surface area contributed by atoms with E-state index in [1.54, 1.807) is 10.8 Å². The lowest BCUT2D eigenvalue weighted by atomic mass is 10.0. The maximum atomic E-state index is 13.8. The molecule has 7 heteroatoms. The summed E-state index contributed by atoms with van der Waals surface area (Å²) >= 11 is 0. The van der Waals surface area contributed by atoms with Crippen molar-refractivity contribution in [3.05, 3.63) is 101 Å². The van der Waals surface area contributed by atoms with Gasteiger partial charge in [-0.2, -0.15) is 0 Å². The van der Waals surface area contributed by atoms with Crippen molar-refractivity contribution in [1.29, 1.82) is 0 Å². The number of nitrogens with zero attached hydrogens (tertiary/aromatic N) is 6. The third kappa shape index (κ3) is 3.78. The average molecular weight is 465 g/mol. The maximum Gasteiger partial charge on any atom is 0.335 e. The topological polar surface area (TPSA) is 60.9 Å². The fourth-order valence-corrected chi connectivity index (χ4v) is 5.23. The molecule has 1 aliphatic heterocycles. The minimum Gasteiger partial charge on any atom is -0.337 e. The van der Waals surface area contributed by atoms with Crippen molar-refractivity contribution in [2.24, 2.45) is 7.05 Å². The molecule has 1 atom stereocenters. The van der Waals surface area contributed by atoms with Crippen molar-refractivity contribution >= 4 is 11.2 Å². The van der Waals surface area contributed by atoms with Crippen LogP contribution in [0.3, 0.4) is 0 Å². The van der Waals surface area contributed by atoms with E-state index in [1.807, 2.05) is 52.8 Å². The molecule has 176 valence electrons. The molecule has 3 aromatic heterocycles. The molecule has 4 heterocycles. The zero-order chi connectivity index (χ0) is 23.9. The summed E-state index contributed by atoms with van der Waals surface area (Å²) < 4.78 is 5.74. The van der Waals surface area contributed by atoms with E-state index in [-0.39, 0.29) is 11.7 Å². The van der Waals surface area contributed by atoms with E-state index in [2.05, 4.69) is 58.2 Å². The molecule has 7 nitrogen and oxygen atoms in total. The van der Waals surface area contributed by atoms with Crippen molar-refractivity contribution in [1.82, 2.24) is 28.6 Å². The van der Waals surface area contributed by atoms with Gasteiger partial charge in [-0.15, -0.1) is 0 Å². The number of likely N-dealkylation sites (tertiary alicyclic amines) is 1. The van der Waals surface area contributed by atoms with Gasteiger partial charge < -0.3 is 4.57 Å². The molecular formula is C28H28N6O. The highest BCUT2D eigenvalue weighted by Crippen LogP contribution is 2.28. The molecule has 1 aliphatic rings.